The number of rotatable bonds is 18. The molecule has 2 aliphatic rings. The Labute approximate surface area is 330 Å². The van der Waals surface area contributed by atoms with Crippen LogP contribution in [0.15, 0.2) is 9.05 Å². The van der Waals surface area contributed by atoms with Crippen molar-refractivity contribution in [3.8, 4) is 0 Å². The molecule has 2 aromatic rings. The third kappa shape index (κ3) is 18.9. The Morgan fingerprint density at radius 2 is 1.15 bits per heavy atom. The topological polar surface area (TPSA) is 163 Å². The van der Waals surface area contributed by atoms with Gasteiger partial charge in [-0.15, -0.1) is 0 Å². The second-order valence-corrected chi connectivity index (χ2v) is 17.8. The number of carbonyl (C=O) groups is 3. The minimum Gasteiger partial charge on any atom is -0.460 e. The third-order valence-electron chi connectivity index (χ3n) is 10.4. The number of hydrogen-bond donors (Lipinski definition) is 1. The number of nitrogens with one attached hydrogen (secondary N) is 1. The van der Waals surface area contributed by atoms with E-state index in [1.54, 1.807) is 7.05 Å². The molecule has 13 nitrogen and oxygen atoms in total. The van der Waals surface area contributed by atoms with Crippen LogP contribution in [0.1, 0.15) is 199 Å². The maximum absolute atomic E-state index is 12.4. The molecule has 13 heteroatoms. The largest absolute Gasteiger partial charge is 0.460 e. The van der Waals surface area contributed by atoms with Crippen molar-refractivity contribution in [3.05, 3.63) is 23.4 Å². The highest BCUT2D eigenvalue weighted by Gasteiger charge is 2.28. The van der Waals surface area contributed by atoms with Crippen molar-refractivity contribution in [1.82, 2.24) is 30.5 Å². The molecule has 1 N–H and O–H groups in total. The van der Waals surface area contributed by atoms with Gasteiger partial charge in [0.25, 0.3) is 0 Å². The first-order valence-electron chi connectivity index (χ1n) is 21.0. The molecule has 1 amide bonds. The summed E-state index contributed by atoms with van der Waals surface area (Å²) in [7, 11) is 3.54. The van der Waals surface area contributed by atoms with Gasteiger partial charge in [0.05, 0.1) is 25.9 Å². The van der Waals surface area contributed by atoms with Crippen LogP contribution in [0.2, 0.25) is 0 Å². The Bertz CT molecular complexity index is 1420. The minimum atomic E-state index is -0.520. The van der Waals surface area contributed by atoms with Crippen LogP contribution in [0.5, 0.6) is 0 Å². The van der Waals surface area contributed by atoms with Crippen LogP contribution in [0.25, 0.3) is 0 Å². The first-order valence-corrected chi connectivity index (χ1v) is 21.0. The molecule has 0 spiro atoms. The van der Waals surface area contributed by atoms with Gasteiger partial charge in [0.15, 0.2) is 11.6 Å². The molecular formula is C42H72N6O7. The van der Waals surface area contributed by atoms with E-state index in [0.29, 0.717) is 42.9 Å². The molecule has 4 rings (SSSR count). The summed E-state index contributed by atoms with van der Waals surface area (Å²) in [6.45, 7) is 13.6. The predicted molar refractivity (Wildman–Crippen MR) is 211 cm³/mol. The van der Waals surface area contributed by atoms with Crippen molar-refractivity contribution in [2.75, 3.05) is 14.1 Å². The summed E-state index contributed by atoms with van der Waals surface area (Å²) in [5.41, 5.74) is -0.996. The number of esters is 2. The molecule has 0 radical (unpaired) electrons. The lowest BCUT2D eigenvalue weighted by molar-refractivity contribution is -0.156. The van der Waals surface area contributed by atoms with E-state index in [-0.39, 0.29) is 36.1 Å². The van der Waals surface area contributed by atoms with Gasteiger partial charge in [0, 0.05) is 25.8 Å². The fraction of sp³-hybridized carbons (Fsp3) is 0.833. The molecule has 2 aliphatic carbocycles. The predicted octanol–water partition coefficient (Wildman–Crippen LogP) is 8.97. The summed E-state index contributed by atoms with van der Waals surface area (Å²) in [5, 5.41) is 11.0. The van der Waals surface area contributed by atoms with E-state index in [1.807, 2.05) is 48.6 Å². The standard InChI is InChI=1S/C22H37N3O4.C20H35N3O3/c1-16(26)25(5)15-19-23-21(29-24-19)18(14-20(27)28-22(2,3)4)13-9-12-17-10-7-6-8-11-17;1-20(2,3)25-18(24)13-16(19-22-17(14-21-4)23-26-19)12-8-11-15-9-6-5-7-10-15/h17-18H,6-15H2,1-5H3;15-16,21H,5-14H2,1-4H3/t18-;16-/m11/s1. The molecule has 0 aliphatic heterocycles. The van der Waals surface area contributed by atoms with Crippen LogP contribution in [0, 0.1) is 11.8 Å². The van der Waals surface area contributed by atoms with Crippen molar-refractivity contribution in [3.63, 3.8) is 0 Å². The lowest BCUT2D eigenvalue weighted by Gasteiger charge is -2.23. The molecule has 2 atom stereocenters. The smallest absolute Gasteiger partial charge is 0.307 e. The van der Waals surface area contributed by atoms with Gasteiger partial charge < -0.3 is 28.7 Å². The van der Waals surface area contributed by atoms with Crippen LogP contribution in [0.3, 0.4) is 0 Å². The normalized spacial score (nSPS) is 16.8. The summed E-state index contributed by atoms with van der Waals surface area (Å²) >= 11 is 0. The summed E-state index contributed by atoms with van der Waals surface area (Å²) in [6, 6.07) is 0. The Morgan fingerprint density at radius 1 is 0.727 bits per heavy atom. The maximum Gasteiger partial charge on any atom is 0.307 e. The lowest BCUT2D eigenvalue weighted by atomic mass is 9.84. The third-order valence-corrected chi connectivity index (χ3v) is 10.4. The van der Waals surface area contributed by atoms with Gasteiger partial charge >= 0.3 is 11.9 Å². The molecule has 2 heterocycles. The fourth-order valence-electron chi connectivity index (χ4n) is 7.54. The summed E-state index contributed by atoms with van der Waals surface area (Å²) < 4.78 is 21.9. The van der Waals surface area contributed by atoms with Crippen LogP contribution in [0.4, 0.5) is 0 Å². The number of nitrogens with zero attached hydrogens (tertiary/aromatic N) is 5. The Balaban J connectivity index is 0.000000297. The van der Waals surface area contributed by atoms with Crippen LogP contribution in [-0.2, 0) is 36.9 Å². The van der Waals surface area contributed by atoms with Crippen molar-refractivity contribution in [2.45, 2.75) is 200 Å². The number of ether oxygens (including phenoxy) is 2. The molecule has 0 unspecified atom stereocenters. The van der Waals surface area contributed by atoms with Gasteiger partial charge in [-0.2, -0.15) is 9.97 Å². The van der Waals surface area contributed by atoms with Crippen molar-refractivity contribution in [2.24, 2.45) is 11.8 Å². The van der Waals surface area contributed by atoms with E-state index in [1.165, 1.54) is 88.9 Å². The molecule has 2 saturated carbocycles. The zero-order valence-corrected chi connectivity index (χ0v) is 35.5. The summed E-state index contributed by atoms with van der Waals surface area (Å²) in [5.74, 6) is 3.02. The number of hydrogen-bond acceptors (Lipinski definition) is 12. The molecule has 0 saturated heterocycles. The number of aromatic nitrogens is 4. The van der Waals surface area contributed by atoms with Gasteiger partial charge in [-0.3, -0.25) is 14.4 Å². The average molecular weight is 773 g/mol. The highest BCUT2D eigenvalue weighted by Crippen LogP contribution is 2.33. The van der Waals surface area contributed by atoms with Crippen molar-refractivity contribution >= 4 is 17.8 Å². The average Bonchev–Trinajstić information content (AvgIpc) is 3.77. The first-order chi connectivity index (χ1) is 26.0. The highest BCUT2D eigenvalue weighted by atomic mass is 16.6. The quantitative estimate of drug-likeness (QED) is 0.143. The van der Waals surface area contributed by atoms with E-state index in [0.717, 1.165) is 37.5 Å². The first kappa shape index (κ1) is 46.0. The SMILES string of the molecule is CC(=O)N(C)Cc1noc([C@H](CCCC2CCCCC2)CC(=O)OC(C)(C)C)n1.CNCc1noc([C@H](CCCC2CCCCC2)CC(=O)OC(C)(C)C)n1. The van der Waals surface area contributed by atoms with E-state index in [9.17, 15) is 14.4 Å². The van der Waals surface area contributed by atoms with E-state index < -0.39 is 11.2 Å². The van der Waals surface area contributed by atoms with Crippen LogP contribution in [-0.4, -0.2) is 68.3 Å². The van der Waals surface area contributed by atoms with Gasteiger partial charge in [-0.1, -0.05) is 100 Å². The fourth-order valence-corrected chi connectivity index (χ4v) is 7.54. The van der Waals surface area contributed by atoms with Crippen molar-refractivity contribution in [1.29, 1.82) is 0 Å². The molecule has 0 bridgehead atoms. The van der Waals surface area contributed by atoms with E-state index >= 15 is 0 Å². The Kier molecular flexibility index (Phi) is 19.3. The molecule has 55 heavy (non-hydrogen) atoms. The number of amides is 1. The van der Waals surface area contributed by atoms with Crippen LogP contribution < -0.4 is 5.32 Å². The molecule has 0 aromatic carbocycles. The summed E-state index contributed by atoms with van der Waals surface area (Å²) in [4.78, 5) is 46.6. The second kappa shape index (κ2) is 23.0. The summed E-state index contributed by atoms with van der Waals surface area (Å²) in [6.07, 6.45) is 20.2. The van der Waals surface area contributed by atoms with Gasteiger partial charge in [-0.25, -0.2) is 0 Å². The second-order valence-electron chi connectivity index (χ2n) is 17.8. The van der Waals surface area contributed by atoms with Gasteiger partial charge in [-0.05, 0) is 73.3 Å². The molecule has 2 aromatic heterocycles. The zero-order chi connectivity index (χ0) is 40.4. The Hall–Kier alpha value is -3.35. The minimum absolute atomic E-state index is 0.0610. The monoisotopic (exact) mass is 773 g/mol. The maximum atomic E-state index is 12.4. The van der Waals surface area contributed by atoms with E-state index in [4.69, 9.17) is 18.5 Å². The van der Waals surface area contributed by atoms with Crippen molar-refractivity contribution < 1.29 is 32.9 Å². The zero-order valence-electron chi connectivity index (χ0n) is 35.5. The highest BCUT2D eigenvalue weighted by molar-refractivity contribution is 5.72. The van der Waals surface area contributed by atoms with E-state index in [2.05, 4.69) is 25.6 Å². The van der Waals surface area contributed by atoms with Gasteiger partial charge in [0.2, 0.25) is 17.7 Å². The molecule has 312 valence electrons. The lowest BCUT2D eigenvalue weighted by Crippen LogP contribution is -2.25. The molecular weight excluding hydrogens is 700 g/mol. The number of carbonyl (C=O) groups excluding carboxylic acids is 3. The Morgan fingerprint density at radius 3 is 1.55 bits per heavy atom. The van der Waals surface area contributed by atoms with Crippen LogP contribution >= 0.6 is 0 Å². The molecule has 2 fully saturated rings. The van der Waals surface area contributed by atoms with Gasteiger partial charge in [0.1, 0.15) is 11.2 Å².